The summed E-state index contributed by atoms with van der Waals surface area (Å²) >= 11 is 0. The molecule has 2 nitrogen and oxygen atoms in total. The number of nitrogens with zero attached hydrogens (tertiary/aromatic N) is 2. The Morgan fingerprint density at radius 1 is 1.43 bits per heavy atom. The van der Waals surface area contributed by atoms with Crippen LogP contribution < -0.4 is 0 Å². The van der Waals surface area contributed by atoms with E-state index in [4.69, 9.17) is 0 Å². The molecule has 14 heavy (non-hydrogen) atoms. The molecular formula is C12H14N2. The standard InChI is InChI=1S/C12H14N2/c1-10-4-3-5-11(7-6-10)12-8-9-14(2)13-12/h3-6,8-9H,7H2,1-2H3. The van der Waals surface area contributed by atoms with E-state index in [0.717, 1.165) is 12.1 Å². The largest absolute Gasteiger partial charge is 0.275 e. The predicted molar refractivity (Wildman–Crippen MR) is 58.7 cm³/mol. The second kappa shape index (κ2) is 3.66. The molecule has 72 valence electrons. The third-order valence-corrected chi connectivity index (χ3v) is 2.34. The van der Waals surface area contributed by atoms with Crippen LogP contribution in [-0.4, -0.2) is 9.78 Å². The Kier molecular flexibility index (Phi) is 2.35. The van der Waals surface area contributed by atoms with Crippen molar-refractivity contribution in [2.75, 3.05) is 0 Å². The Morgan fingerprint density at radius 2 is 2.29 bits per heavy atom. The van der Waals surface area contributed by atoms with Gasteiger partial charge in [-0.3, -0.25) is 4.68 Å². The first-order chi connectivity index (χ1) is 6.75. The molecule has 0 aliphatic heterocycles. The fourth-order valence-corrected chi connectivity index (χ4v) is 1.50. The van der Waals surface area contributed by atoms with Crippen LogP contribution in [0.1, 0.15) is 19.0 Å². The van der Waals surface area contributed by atoms with E-state index in [-0.39, 0.29) is 0 Å². The molecule has 2 rings (SSSR count). The van der Waals surface area contributed by atoms with Gasteiger partial charge in [0.15, 0.2) is 0 Å². The van der Waals surface area contributed by atoms with Gasteiger partial charge in [-0.15, -0.1) is 0 Å². The van der Waals surface area contributed by atoms with Gasteiger partial charge in [-0.25, -0.2) is 0 Å². The molecular weight excluding hydrogens is 172 g/mol. The van der Waals surface area contributed by atoms with E-state index in [1.54, 1.807) is 0 Å². The highest BCUT2D eigenvalue weighted by atomic mass is 15.2. The van der Waals surface area contributed by atoms with Crippen LogP contribution in [0.15, 0.2) is 42.1 Å². The minimum absolute atomic E-state index is 0.968. The Bertz CT molecular complexity index is 417. The van der Waals surface area contributed by atoms with Gasteiger partial charge in [0.25, 0.3) is 0 Å². The third-order valence-electron chi connectivity index (χ3n) is 2.34. The van der Waals surface area contributed by atoms with Crippen molar-refractivity contribution in [3.63, 3.8) is 0 Å². The summed E-state index contributed by atoms with van der Waals surface area (Å²) in [6.07, 6.45) is 11.5. The van der Waals surface area contributed by atoms with Crippen LogP contribution in [0.2, 0.25) is 0 Å². The molecule has 1 aliphatic carbocycles. The van der Waals surface area contributed by atoms with E-state index in [0.29, 0.717) is 0 Å². The van der Waals surface area contributed by atoms with Gasteiger partial charge in [-0.05, 0) is 25.0 Å². The zero-order valence-corrected chi connectivity index (χ0v) is 8.57. The molecule has 1 aromatic rings. The van der Waals surface area contributed by atoms with Gasteiger partial charge < -0.3 is 0 Å². The summed E-state index contributed by atoms with van der Waals surface area (Å²) in [5.41, 5.74) is 3.66. The lowest BCUT2D eigenvalue weighted by Gasteiger charge is -1.98. The molecule has 0 radical (unpaired) electrons. The molecule has 0 saturated heterocycles. The summed E-state index contributed by atoms with van der Waals surface area (Å²) in [6.45, 7) is 2.12. The highest BCUT2D eigenvalue weighted by Crippen LogP contribution is 2.20. The smallest absolute Gasteiger partial charge is 0.0885 e. The fraction of sp³-hybridized carbons (Fsp3) is 0.250. The van der Waals surface area contributed by atoms with Crippen molar-refractivity contribution in [1.29, 1.82) is 0 Å². The number of allylic oxidation sites excluding steroid dienone is 6. The van der Waals surface area contributed by atoms with Gasteiger partial charge in [0.1, 0.15) is 0 Å². The van der Waals surface area contributed by atoms with Crippen LogP contribution in [0.4, 0.5) is 0 Å². The Labute approximate surface area is 84.2 Å². The predicted octanol–water partition coefficient (Wildman–Crippen LogP) is 2.71. The van der Waals surface area contributed by atoms with Gasteiger partial charge in [-0.1, -0.05) is 29.9 Å². The zero-order chi connectivity index (χ0) is 9.97. The number of hydrogen-bond acceptors (Lipinski definition) is 1. The van der Waals surface area contributed by atoms with E-state index in [2.05, 4.69) is 36.3 Å². The Balaban J connectivity index is 2.29. The second-order valence-electron chi connectivity index (χ2n) is 3.58. The summed E-state index contributed by atoms with van der Waals surface area (Å²) in [7, 11) is 1.94. The van der Waals surface area contributed by atoms with Crippen molar-refractivity contribution in [3.05, 3.63) is 47.8 Å². The van der Waals surface area contributed by atoms with E-state index in [1.165, 1.54) is 11.1 Å². The van der Waals surface area contributed by atoms with E-state index < -0.39 is 0 Å². The first kappa shape index (κ1) is 9.00. The molecule has 0 atom stereocenters. The van der Waals surface area contributed by atoms with Crippen molar-refractivity contribution < 1.29 is 0 Å². The van der Waals surface area contributed by atoms with E-state index >= 15 is 0 Å². The van der Waals surface area contributed by atoms with Crippen LogP contribution >= 0.6 is 0 Å². The molecule has 0 saturated carbocycles. The molecule has 0 spiro atoms. The molecule has 0 aromatic carbocycles. The van der Waals surface area contributed by atoms with Gasteiger partial charge in [0.05, 0.1) is 5.69 Å². The fourth-order valence-electron chi connectivity index (χ4n) is 1.50. The van der Waals surface area contributed by atoms with Crippen LogP contribution in [0.3, 0.4) is 0 Å². The summed E-state index contributed by atoms with van der Waals surface area (Å²) in [5.74, 6) is 0. The van der Waals surface area contributed by atoms with Gasteiger partial charge >= 0.3 is 0 Å². The maximum absolute atomic E-state index is 4.39. The van der Waals surface area contributed by atoms with Crippen LogP contribution in [-0.2, 0) is 7.05 Å². The monoisotopic (exact) mass is 186 g/mol. The van der Waals surface area contributed by atoms with Crippen molar-refractivity contribution >= 4 is 5.57 Å². The quantitative estimate of drug-likeness (QED) is 0.659. The normalized spacial score (nSPS) is 16.1. The number of hydrogen-bond donors (Lipinski definition) is 0. The topological polar surface area (TPSA) is 17.8 Å². The van der Waals surface area contributed by atoms with Gasteiger partial charge in [0, 0.05) is 13.2 Å². The first-order valence-electron chi connectivity index (χ1n) is 4.80. The summed E-state index contributed by atoms with van der Waals surface area (Å²) in [5, 5.41) is 4.39. The molecule has 0 unspecified atom stereocenters. The molecule has 0 amide bonds. The average Bonchev–Trinajstić information content (AvgIpc) is 2.46. The lowest BCUT2D eigenvalue weighted by Crippen LogP contribution is -1.90. The molecule has 0 fully saturated rings. The summed E-state index contributed by atoms with van der Waals surface area (Å²) < 4.78 is 1.83. The molecule has 2 heteroatoms. The van der Waals surface area contributed by atoms with Crippen LogP contribution in [0, 0.1) is 0 Å². The lowest BCUT2D eigenvalue weighted by atomic mass is 10.1. The van der Waals surface area contributed by atoms with Crippen LogP contribution in [0.5, 0.6) is 0 Å². The van der Waals surface area contributed by atoms with Crippen LogP contribution in [0.25, 0.3) is 5.57 Å². The Morgan fingerprint density at radius 3 is 3.00 bits per heavy atom. The molecule has 0 bridgehead atoms. The van der Waals surface area contributed by atoms with Crippen molar-refractivity contribution in [3.8, 4) is 0 Å². The van der Waals surface area contributed by atoms with E-state index in [1.807, 2.05) is 24.0 Å². The molecule has 1 aliphatic rings. The van der Waals surface area contributed by atoms with Gasteiger partial charge in [0.2, 0.25) is 0 Å². The third kappa shape index (κ3) is 1.84. The maximum Gasteiger partial charge on any atom is 0.0885 e. The van der Waals surface area contributed by atoms with Crippen molar-refractivity contribution in [2.45, 2.75) is 13.3 Å². The number of rotatable bonds is 1. The second-order valence-corrected chi connectivity index (χ2v) is 3.58. The van der Waals surface area contributed by atoms with Crippen molar-refractivity contribution in [2.24, 2.45) is 7.05 Å². The highest BCUT2D eigenvalue weighted by Gasteiger charge is 2.03. The minimum atomic E-state index is 0.968. The maximum atomic E-state index is 4.39. The summed E-state index contributed by atoms with van der Waals surface area (Å²) in [6, 6.07) is 2.05. The van der Waals surface area contributed by atoms with Crippen molar-refractivity contribution in [1.82, 2.24) is 9.78 Å². The van der Waals surface area contributed by atoms with E-state index in [9.17, 15) is 0 Å². The first-order valence-corrected chi connectivity index (χ1v) is 4.80. The average molecular weight is 186 g/mol. The zero-order valence-electron chi connectivity index (χ0n) is 8.57. The number of aromatic nitrogens is 2. The highest BCUT2D eigenvalue weighted by molar-refractivity contribution is 5.66. The molecule has 1 heterocycles. The lowest BCUT2D eigenvalue weighted by molar-refractivity contribution is 0.762. The minimum Gasteiger partial charge on any atom is -0.275 e. The SMILES string of the molecule is CC1=CCC(c2ccn(C)n2)=CC=C1. The molecule has 1 aromatic heterocycles. The Hall–Kier alpha value is -1.57. The number of aryl methyl sites for hydroxylation is 1. The summed E-state index contributed by atoms with van der Waals surface area (Å²) in [4.78, 5) is 0. The van der Waals surface area contributed by atoms with Gasteiger partial charge in [-0.2, -0.15) is 5.10 Å². The molecule has 0 N–H and O–H groups in total.